The van der Waals surface area contributed by atoms with Crippen molar-refractivity contribution in [1.82, 2.24) is 5.32 Å². The number of nitrogens with zero attached hydrogens (tertiary/aromatic N) is 1. The van der Waals surface area contributed by atoms with E-state index in [1.54, 1.807) is 30.2 Å². The number of thiocarbonyl (C=S) groups is 1. The maximum absolute atomic E-state index is 12.7. The highest BCUT2D eigenvalue weighted by atomic mass is 32.2. The van der Waals surface area contributed by atoms with Gasteiger partial charge in [0.1, 0.15) is 0 Å². The average Bonchev–Trinajstić information content (AvgIpc) is 2.89. The van der Waals surface area contributed by atoms with E-state index in [1.165, 1.54) is 11.8 Å². The third-order valence-corrected chi connectivity index (χ3v) is 5.09. The molecule has 0 bridgehead atoms. The first-order valence-electron chi connectivity index (χ1n) is 7.66. The quantitative estimate of drug-likeness (QED) is 0.662. The molecule has 2 aromatic carbocycles. The maximum Gasteiger partial charge on any atom is 0.270 e. The van der Waals surface area contributed by atoms with Crippen LogP contribution in [0.5, 0.6) is 0 Å². The number of anilines is 1. The Morgan fingerprint density at radius 3 is 2.36 bits per heavy atom. The Labute approximate surface area is 155 Å². The summed E-state index contributed by atoms with van der Waals surface area (Å²) in [7, 11) is 1.59. The van der Waals surface area contributed by atoms with E-state index in [9.17, 15) is 9.59 Å². The van der Waals surface area contributed by atoms with E-state index in [1.807, 2.05) is 43.3 Å². The highest BCUT2D eigenvalue weighted by Crippen LogP contribution is 2.36. The Morgan fingerprint density at radius 2 is 1.76 bits per heavy atom. The zero-order valence-electron chi connectivity index (χ0n) is 13.8. The van der Waals surface area contributed by atoms with Gasteiger partial charge in [-0.25, -0.2) is 0 Å². The molecule has 3 rings (SSSR count). The smallest absolute Gasteiger partial charge is 0.270 e. The van der Waals surface area contributed by atoms with Gasteiger partial charge in [0.05, 0.1) is 10.6 Å². The van der Waals surface area contributed by atoms with E-state index in [0.717, 1.165) is 16.8 Å². The normalized spacial score (nSPS) is 15.8. The minimum Gasteiger partial charge on any atom is -0.355 e. The van der Waals surface area contributed by atoms with Crippen LogP contribution in [0.15, 0.2) is 53.4 Å². The van der Waals surface area contributed by atoms with Gasteiger partial charge < -0.3 is 5.32 Å². The fraction of sp³-hybridized carbons (Fsp3) is 0.105. The summed E-state index contributed by atoms with van der Waals surface area (Å²) >= 11 is 6.65. The number of aryl methyl sites for hydroxylation is 1. The molecule has 0 atom stereocenters. The molecule has 2 aromatic rings. The largest absolute Gasteiger partial charge is 0.355 e. The minimum atomic E-state index is -0.141. The van der Waals surface area contributed by atoms with Gasteiger partial charge in [-0.05, 0) is 42.8 Å². The molecule has 1 heterocycles. The van der Waals surface area contributed by atoms with Crippen LogP contribution >= 0.6 is 24.0 Å². The molecular formula is C19H16N2O2S2. The number of amides is 2. The van der Waals surface area contributed by atoms with Crippen molar-refractivity contribution in [1.29, 1.82) is 0 Å². The number of nitrogens with one attached hydrogen (secondary N) is 1. The van der Waals surface area contributed by atoms with Gasteiger partial charge in [-0.2, -0.15) is 0 Å². The lowest BCUT2D eigenvalue weighted by Crippen LogP contribution is -2.27. The monoisotopic (exact) mass is 368 g/mol. The molecular weight excluding hydrogens is 352 g/mol. The number of benzene rings is 2. The fourth-order valence-electron chi connectivity index (χ4n) is 2.41. The van der Waals surface area contributed by atoms with E-state index in [2.05, 4.69) is 5.32 Å². The predicted octanol–water partition coefficient (Wildman–Crippen LogP) is 3.76. The third-order valence-electron chi connectivity index (χ3n) is 3.78. The van der Waals surface area contributed by atoms with Crippen LogP contribution in [0, 0.1) is 6.92 Å². The molecule has 2 amide bonds. The van der Waals surface area contributed by atoms with Crippen molar-refractivity contribution in [2.45, 2.75) is 6.92 Å². The second-order valence-corrected chi connectivity index (χ2v) is 7.23. The van der Waals surface area contributed by atoms with Gasteiger partial charge in [-0.1, -0.05) is 53.8 Å². The molecule has 0 spiro atoms. The molecule has 0 aromatic heterocycles. The van der Waals surface area contributed by atoms with E-state index in [-0.39, 0.29) is 11.8 Å². The molecule has 0 aliphatic carbocycles. The van der Waals surface area contributed by atoms with Crippen LogP contribution < -0.4 is 10.2 Å². The van der Waals surface area contributed by atoms with Crippen molar-refractivity contribution in [3.8, 4) is 0 Å². The zero-order chi connectivity index (χ0) is 18.0. The van der Waals surface area contributed by atoms with Gasteiger partial charge in [0.2, 0.25) is 0 Å². The van der Waals surface area contributed by atoms with Gasteiger partial charge in [0, 0.05) is 12.6 Å². The van der Waals surface area contributed by atoms with Gasteiger partial charge in [0.25, 0.3) is 11.8 Å². The summed E-state index contributed by atoms with van der Waals surface area (Å²) in [6.45, 7) is 2.00. The van der Waals surface area contributed by atoms with E-state index >= 15 is 0 Å². The summed E-state index contributed by atoms with van der Waals surface area (Å²) in [5, 5.41) is 2.58. The van der Waals surface area contributed by atoms with Crippen molar-refractivity contribution >= 4 is 51.9 Å². The van der Waals surface area contributed by atoms with Crippen molar-refractivity contribution in [3.63, 3.8) is 0 Å². The number of rotatable bonds is 3. The molecule has 25 heavy (non-hydrogen) atoms. The van der Waals surface area contributed by atoms with Gasteiger partial charge in [-0.15, -0.1) is 0 Å². The molecule has 1 fully saturated rings. The lowest BCUT2D eigenvalue weighted by molar-refractivity contribution is -0.113. The Kier molecular flexibility index (Phi) is 5.01. The summed E-state index contributed by atoms with van der Waals surface area (Å²) < 4.78 is 0.516. The van der Waals surface area contributed by atoms with Crippen LogP contribution in [0.2, 0.25) is 0 Å². The fourth-order valence-corrected chi connectivity index (χ4v) is 3.71. The van der Waals surface area contributed by atoms with Crippen LogP contribution in [-0.4, -0.2) is 23.2 Å². The summed E-state index contributed by atoms with van der Waals surface area (Å²) in [6, 6.07) is 14.8. The molecule has 0 unspecified atom stereocenters. The minimum absolute atomic E-state index is 0.130. The van der Waals surface area contributed by atoms with Crippen LogP contribution in [0.3, 0.4) is 0 Å². The van der Waals surface area contributed by atoms with Crippen molar-refractivity contribution in [2.24, 2.45) is 0 Å². The van der Waals surface area contributed by atoms with Crippen molar-refractivity contribution in [2.75, 3.05) is 11.9 Å². The summed E-state index contributed by atoms with van der Waals surface area (Å²) in [4.78, 5) is 26.4. The molecule has 6 heteroatoms. The molecule has 0 saturated carbocycles. The number of carbonyl (C=O) groups excluding carboxylic acids is 2. The number of hydrogen-bond acceptors (Lipinski definition) is 4. The topological polar surface area (TPSA) is 49.4 Å². The lowest BCUT2D eigenvalue weighted by atomic mass is 10.1. The second kappa shape index (κ2) is 7.21. The summed E-state index contributed by atoms with van der Waals surface area (Å²) in [5.41, 5.74) is 3.32. The van der Waals surface area contributed by atoms with E-state index in [0.29, 0.717) is 14.8 Å². The molecule has 0 radical (unpaired) electrons. The maximum atomic E-state index is 12.7. The Hall–Kier alpha value is -2.44. The summed E-state index contributed by atoms with van der Waals surface area (Å²) in [6.07, 6.45) is 1.79. The van der Waals surface area contributed by atoms with E-state index in [4.69, 9.17) is 12.2 Å². The Balaban J connectivity index is 1.85. The lowest BCUT2D eigenvalue weighted by Gasteiger charge is -2.14. The standard InChI is InChI=1S/C19H16N2O2S2/c1-12-3-9-15(10-4-12)21-18(23)16(25-19(21)24)11-13-5-7-14(8-6-13)17(22)20-2/h3-11H,1-2H3,(H,20,22)/b16-11+. The van der Waals surface area contributed by atoms with Gasteiger partial charge >= 0.3 is 0 Å². The molecule has 4 nitrogen and oxygen atoms in total. The Bertz CT molecular complexity index is 871. The van der Waals surface area contributed by atoms with Gasteiger partial charge in [-0.3, -0.25) is 14.5 Å². The first-order valence-corrected chi connectivity index (χ1v) is 8.89. The van der Waals surface area contributed by atoms with Crippen LogP contribution in [0.1, 0.15) is 21.5 Å². The third kappa shape index (κ3) is 3.65. The van der Waals surface area contributed by atoms with Gasteiger partial charge in [0.15, 0.2) is 4.32 Å². The van der Waals surface area contributed by atoms with E-state index < -0.39 is 0 Å². The zero-order valence-corrected chi connectivity index (χ0v) is 15.4. The highest BCUT2D eigenvalue weighted by Gasteiger charge is 2.33. The molecule has 1 N–H and O–H groups in total. The number of hydrogen-bond donors (Lipinski definition) is 1. The van der Waals surface area contributed by atoms with Crippen molar-refractivity contribution < 1.29 is 9.59 Å². The SMILES string of the molecule is CNC(=O)c1ccc(/C=C2/SC(=S)N(c3ccc(C)cc3)C2=O)cc1. The van der Waals surface area contributed by atoms with Crippen LogP contribution in [-0.2, 0) is 4.79 Å². The number of thioether (sulfide) groups is 1. The molecule has 1 saturated heterocycles. The number of carbonyl (C=O) groups is 2. The molecule has 1 aliphatic heterocycles. The van der Waals surface area contributed by atoms with Crippen molar-refractivity contribution in [3.05, 3.63) is 70.1 Å². The first-order chi connectivity index (χ1) is 12.0. The second-order valence-electron chi connectivity index (χ2n) is 5.55. The highest BCUT2D eigenvalue weighted by molar-refractivity contribution is 8.27. The summed E-state index contributed by atoms with van der Waals surface area (Å²) in [5.74, 6) is -0.272. The first kappa shape index (κ1) is 17.4. The average molecular weight is 368 g/mol. The van der Waals surface area contributed by atoms with Crippen LogP contribution in [0.4, 0.5) is 5.69 Å². The van der Waals surface area contributed by atoms with Crippen LogP contribution in [0.25, 0.3) is 6.08 Å². The predicted molar refractivity (Wildman–Crippen MR) is 107 cm³/mol. The Morgan fingerprint density at radius 1 is 1.12 bits per heavy atom. The molecule has 126 valence electrons. The molecule has 1 aliphatic rings.